The Kier molecular flexibility index (Phi) is 4.61. The molecule has 2 N–H and O–H groups in total. The topological polar surface area (TPSA) is 43.7 Å². The van der Waals surface area contributed by atoms with E-state index in [1.54, 1.807) is 0 Å². The van der Waals surface area contributed by atoms with Crippen LogP contribution in [0.3, 0.4) is 0 Å². The molecule has 0 saturated carbocycles. The van der Waals surface area contributed by atoms with E-state index >= 15 is 0 Å². The number of rotatable bonds is 4. The third-order valence-corrected chi connectivity index (χ3v) is 3.90. The van der Waals surface area contributed by atoms with E-state index in [2.05, 4.69) is 4.90 Å². The third kappa shape index (κ3) is 4.30. The van der Waals surface area contributed by atoms with Crippen molar-refractivity contribution in [2.24, 2.45) is 0 Å². The van der Waals surface area contributed by atoms with Crippen molar-refractivity contribution in [3.63, 3.8) is 0 Å². The molecule has 1 fully saturated rings. The number of β-amino-alcohol motifs (C(OH)–C–C–N with tert-alkyl or cyclic N) is 1. The van der Waals surface area contributed by atoms with Crippen molar-refractivity contribution in [3.05, 3.63) is 35.4 Å². The predicted octanol–water partition coefficient (Wildman–Crippen LogP) is 2.27. The Labute approximate surface area is 115 Å². The molecule has 106 valence electrons. The number of aliphatic hydroxyl groups is 2. The van der Waals surface area contributed by atoms with Crippen LogP contribution in [0, 0.1) is 6.92 Å². The first-order valence-electron chi connectivity index (χ1n) is 7.16. The van der Waals surface area contributed by atoms with Crippen LogP contribution in [0.4, 0.5) is 0 Å². The van der Waals surface area contributed by atoms with Gasteiger partial charge in [-0.2, -0.15) is 0 Å². The molecule has 0 bridgehead atoms. The van der Waals surface area contributed by atoms with Gasteiger partial charge in [-0.25, -0.2) is 0 Å². The Hall–Kier alpha value is -0.900. The minimum atomic E-state index is -0.563. The number of benzene rings is 1. The van der Waals surface area contributed by atoms with Gasteiger partial charge in [0.25, 0.3) is 0 Å². The largest absolute Gasteiger partial charge is 0.389 e. The second-order valence-corrected chi connectivity index (χ2v) is 6.10. The van der Waals surface area contributed by atoms with Crippen molar-refractivity contribution in [2.75, 3.05) is 19.6 Å². The fourth-order valence-corrected chi connectivity index (χ4v) is 2.86. The van der Waals surface area contributed by atoms with Crippen molar-refractivity contribution in [3.8, 4) is 0 Å². The summed E-state index contributed by atoms with van der Waals surface area (Å²) < 4.78 is 0. The van der Waals surface area contributed by atoms with Gasteiger partial charge in [-0.1, -0.05) is 29.8 Å². The zero-order valence-corrected chi connectivity index (χ0v) is 12.0. The lowest BCUT2D eigenvalue weighted by Crippen LogP contribution is -2.46. The van der Waals surface area contributed by atoms with E-state index in [0.29, 0.717) is 6.54 Å². The van der Waals surface area contributed by atoms with Crippen LogP contribution in [0.25, 0.3) is 0 Å². The summed E-state index contributed by atoms with van der Waals surface area (Å²) in [7, 11) is 0. The fraction of sp³-hybridized carbons (Fsp3) is 0.625. The fourth-order valence-electron chi connectivity index (χ4n) is 2.86. The molecule has 19 heavy (non-hydrogen) atoms. The van der Waals surface area contributed by atoms with E-state index in [-0.39, 0.29) is 0 Å². The highest BCUT2D eigenvalue weighted by molar-refractivity contribution is 5.23. The second-order valence-electron chi connectivity index (χ2n) is 6.10. The Morgan fingerprint density at radius 1 is 1.42 bits per heavy atom. The Morgan fingerprint density at radius 3 is 2.89 bits per heavy atom. The molecule has 1 aromatic rings. The van der Waals surface area contributed by atoms with Gasteiger partial charge in [0.1, 0.15) is 0 Å². The SMILES string of the molecule is Cc1cccc(C(O)CCN2CCCC(C)(O)C2)c1. The molecule has 1 aromatic carbocycles. The van der Waals surface area contributed by atoms with Crippen LogP contribution in [0.5, 0.6) is 0 Å². The minimum Gasteiger partial charge on any atom is -0.389 e. The highest BCUT2D eigenvalue weighted by atomic mass is 16.3. The lowest BCUT2D eigenvalue weighted by atomic mass is 9.94. The van der Waals surface area contributed by atoms with E-state index in [1.165, 1.54) is 5.56 Å². The maximum absolute atomic E-state index is 10.2. The van der Waals surface area contributed by atoms with Crippen molar-refractivity contribution in [1.29, 1.82) is 0 Å². The lowest BCUT2D eigenvalue weighted by Gasteiger charge is -2.37. The second kappa shape index (κ2) is 6.04. The smallest absolute Gasteiger partial charge is 0.0802 e. The van der Waals surface area contributed by atoms with Gasteiger partial charge in [-0.15, -0.1) is 0 Å². The number of hydrogen-bond acceptors (Lipinski definition) is 3. The first kappa shape index (κ1) is 14.5. The summed E-state index contributed by atoms with van der Waals surface area (Å²) in [4.78, 5) is 2.25. The highest BCUT2D eigenvalue weighted by Gasteiger charge is 2.28. The molecule has 2 rings (SSSR count). The van der Waals surface area contributed by atoms with Crippen LogP contribution >= 0.6 is 0 Å². The highest BCUT2D eigenvalue weighted by Crippen LogP contribution is 2.23. The van der Waals surface area contributed by atoms with E-state index in [4.69, 9.17) is 0 Å². The number of aryl methyl sites for hydroxylation is 1. The molecule has 3 nitrogen and oxygen atoms in total. The van der Waals surface area contributed by atoms with Crippen molar-refractivity contribution < 1.29 is 10.2 Å². The van der Waals surface area contributed by atoms with Crippen LogP contribution in [-0.2, 0) is 0 Å². The van der Waals surface area contributed by atoms with Crippen molar-refractivity contribution in [1.82, 2.24) is 4.90 Å². The summed E-state index contributed by atoms with van der Waals surface area (Å²) in [6.07, 6.45) is 2.23. The quantitative estimate of drug-likeness (QED) is 0.876. The Bertz CT molecular complexity index is 417. The maximum atomic E-state index is 10.2. The van der Waals surface area contributed by atoms with E-state index < -0.39 is 11.7 Å². The van der Waals surface area contributed by atoms with Gasteiger partial charge in [0.05, 0.1) is 11.7 Å². The van der Waals surface area contributed by atoms with Gasteiger partial charge in [0, 0.05) is 13.1 Å². The lowest BCUT2D eigenvalue weighted by molar-refractivity contribution is -0.0191. The molecule has 1 heterocycles. The van der Waals surface area contributed by atoms with Gasteiger partial charge < -0.3 is 15.1 Å². The molecule has 3 heteroatoms. The molecular formula is C16H25NO2. The zero-order chi connectivity index (χ0) is 13.9. The monoisotopic (exact) mass is 263 g/mol. The molecule has 1 aliphatic rings. The summed E-state index contributed by atoms with van der Waals surface area (Å²) in [5.41, 5.74) is 1.60. The molecule has 2 unspecified atom stereocenters. The number of likely N-dealkylation sites (tertiary alicyclic amines) is 1. The number of aliphatic hydroxyl groups excluding tert-OH is 1. The number of nitrogens with zero attached hydrogens (tertiary/aromatic N) is 1. The molecule has 1 aliphatic heterocycles. The first-order chi connectivity index (χ1) is 8.96. The molecule has 1 saturated heterocycles. The van der Waals surface area contributed by atoms with E-state index in [1.807, 2.05) is 38.1 Å². The van der Waals surface area contributed by atoms with E-state index in [9.17, 15) is 10.2 Å². The van der Waals surface area contributed by atoms with Crippen LogP contribution in [0.15, 0.2) is 24.3 Å². The number of hydrogen-bond donors (Lipinski definition) is 2. The predicted molar refractivity (Wildman–Crippen MR) is 77.1 cm³/mol. The van der Waals surface area contributed by atoms with Crippen LogP contribution in [0.2, 0.25) is 0 Å². The van der Waals surface area contributed by atoms with Gasteiger partial charge in [0.2, 0.25) is 0 Å². The third-order valence-electron chi connectivity index (χ3n) is 3.90. The van der Waals surface area contributed by atoms with Crippen LogP contribution in [-0.4, -0.2) is 40.3 Å². The molecule has 0 aromatic heterocycles. The molecule has 0 amide bonds. The summed E-state index contributed by atoms with van der Waals surface area (Å²) >= 11 is 0. The van der Waals surface area contributed by atoms with Crippen LogP contribution < -0.4 is 0 Å². The van der Waals surface area contributed by atoms with Crippen molar-refractivity contribution in [2.45, 2.75) is 44.8 Å². The summed E-state index contributed by atoms with van der Waals surface area (Å²) in [5.74, 6) is 0. The maximum Gasteiger partial charge on any atom is 0.0802 e. The van der Waals surface area contributed by atoms with Crippen molar-refractivity contribution >= 4 is 0 Å². The van der Waals surface area contributed by atoms with Crippen LogP contribution in [0.1, 0.15) is 43.4 Å². The number of piperidine rings is 1. The Morgan fingerprint density at radius 2 is 2.21 bits per heavy atom. The van der Waals surface area contributed by atoms with Gasteiger partial charge in [-0.3, -0.25) is 0 Å². The first-order valence-corrected chi connectivity index (χ1v) is 7.16. The standard InChI is InChI=1S/C16H25NO2/c1-13-5-3-6-14(11-13)15(18)7-10-17-9-4-8-16(2,19)12-17/h3,5-6,11,15,18-19H,4,7-10,12H2,1-2H3. The van der Waals surface area contributed by atoms with Gasteiger partial charge in [0.15, 0.2) is 0 Å². The summed E-state index contributed by atoms with van der Waals surface area (Å²) in [6, 6.07) is 8.04. The molecular weight excluding hydrogens is 238 g/mol. The average molecular weight is 263 g/mol. The normalized spacial score (nSPS) is 26.3. The summed E-state index contributed by atoms with van der Waals surface area (Å²) in [6.45, 7) is 6.52. The van der Waals surface area contributed by atoms with E-state index in [0.717, 1.165) is 37.9 Å². The summed E-state index contributed by atoms with van der Waals surface area (Å²) in [5, 5.41) is 20.3. The molecule has 0 aliphatic carbocycles. The zero-order valence-electron chi connectivity index (χ0n) is 12.0. The van der Waals surface area contributed by atoms with Gasteiger partial charge in [-0.05, 0) is 45.2 Å². The molecule has 0 radical (unpaired) electrons. The molecule has 2 atom stereocenters. The minimum absolute atomic E-state index is 0.410. The van der Waals surface area contributed by atoms with Gasteiger partial charge >= 0.3 is 0 Å². The molecule has 0 spiro atoms. The Balaban J connectivity index is 1.85. The average Bonchev–Trinajstić information content (AvgIpc) is 2.35.